The molecule has 1 saturated heterocycles. The molecular formula is C11H22ClN3O2. The van der Waals surface area contributed by atoms with Gasteiger partial charge in [0.15, 0.2) is 0 Å². The molecule has 6 heteroatoms. The molecule has 100 valence electrons. The van der Waals surface area contributed by atoms with Gasteiger partial charge in [0.25, 0.3) is 0 Å². The molecule has 1 aliphatic rings. The number of nitrogens with zero attached hydrogens (tertiary/aromatic N) is 1. The standard InChI is InChI=1S/C11H21N3O2.ClH/c1-3-4-12-5-6-13-11(16)9-7-10(15)14(2)8-9;/h9,12H,3-8H2,1-2H3,(H,13,16);1H. The van der Waals surface area contributed by atoms with Gasteiger partial charge in [0.05, 0.1) is 5.92 Å². The van der Waals surface area contributed by atoms with Crippen LogP contribution in [0.4, 0.5) is 0 Å². The van der Waals surface area contributed by atoms with Gasteiger partial charge in [-0.15, -0.1) is 12.4 Å². The summed E-state index contributed by atoms with van der Waals surface area (Å²) in [4.78, 5) is 24.5. The van der Waals surface area contributed by atoms with Crippen LogP contribution in [-0.4, -0.2) is 49.9 Å². The van der Waals surface area contributed by atoms with Crippen molar-refractivity contribution in [3.8, 4) is 0 Å². The Balaban J connectivity index is 0.00000256. The maximum atomic E-state index is 11.7. The van der Waals surface area contributed by atoms with Crippen molar-refractivity contribution in [3.05, 3.63) is 0 Å². The summed E-state index contributed by atoms with van der Waals surface area (Å²) in [6.45, 7) is 5.04. The van der Waals surface area contributed by atoms with Gasteiger partial charge in [0.1, 0.15) is 0 Å². The first-order valence-electron chi connectivity index (χ1n) is 5.87. The first-order chi connectivity index (χ1) is 7.65. The highest BCUT2D eigenvalue weighted by Gasteiger charge is 2.31. The normalized spacial score (nSPS) is 19.1. The molecule has 2 amide bonds. The molecule has 0 saturated carbocycles. The predicted octanol–water partition coefficient (Wildman–Crippen LogP) is 0.00230. The van der Waals surface area contributed by atoms with Crippen molar-refractivity contribution in [2.24, 2.45) is 5.92 Å². The molecule has 0 bridgehead atoms. The average Bonchev–Trinajstić information content (AvgIpc) is 2.59. The minimum absolute atomic E-state index is 0. The lowest BCUT2D eigenvalue weighted by Crippen LogP contribution is -2.36. The van der Waals surface area contributed by atoms with Crippen LogP contribution >= 0.6 is 12.4 Å². The molecule has 17 heavy (non-hydrogen) atoms. The largest absolute Gasteiger partial charge is 0.355 e. The Bertz CT molecular complexity index is 261. The fraction of sp³-hybridized carbons (Fsp3) is 0.818. The zero-order chi connectivity index (χ0) is 12.0. The van der Waals surface area contributed by atoms with E-state index in [1.807, 2.05) is 0 Å². The van der Waals surface area contributed by atoms with Crippen LogP contribution in [0.1, 0.15) is 19.8 Å². The van der Waals surface area contributed by atoms with Crippen molar-refractivity contribution < 1.29 is 9.59 Å². The van der Waals surface area contributed by atoms with Gasteiger partial charge in [-0.05, 0) is 13.0 Å². The highest BCUT2D eigenvalue weighted by molar-refractivity contribution is 5.89. The van der Waals surface area contributed by atoms with Gasteiger partial charge < -0.3 is 15.5 Å². The molecular weight excluding hydrogens is 242 g/mol. The summed E-state index contributed by atoms with van der Waals surface area (Å²) >= 11 is 0. The maximum Gasteiger partial charge on any atom is 0.225 e. The summed E-state index contributed by atoms with van der Waals surface area (Å²) in [5.41, 5.74) is 0. The second-order valence-corrected chi connectivity index (χ2v) is 4.22. The molecule has 5 nitrogen and oxygen atoms in total. The van der Waals surface area contributed by atoms with E-state index < -0.39 is 0 Å². The number of carbonyl (C=O) groups excluding carboxylic acids is 2. The lowest BCUT2D eigenvalue weighted by molar-refractivity contribution is -0.128. The van der Waals surface area contributed by atoms with Gasteiger partial charge >= 0.3 is 0 Å². The van der Waals surface area contributed by atoms with E-state index in [0.717, 1.165) is 19.5 Å². The number of likely N-dealkylation sites (tertiary alicyclic amines) is 1. The third kappa shape index (κ3) is 5.37. The Kier molecular flexibility index (Phi) is 7.91. The number of halogens is 1. The maximum absolute atomic E-state index is 11.7. The fourth-order valence-corrected chi connectivity index (χ4v) is 1.76. The molecule has 1 aliphatic heterocycles. The molecule has 1 unspecified atom stereocenters. The fourth-order valence-electron chi connectivity index (χ4n) is 1.76. The molecule has 2 N–H and O–H groups in total. The number of carbonyl (C=O) groups is 2. The molecule has 0 aromatic rings. The molecule has 1 rings (SSSR count). The summed E-state index contributed by atoms with van der Waals surface area (Å²) < 4.78 is 0. The van der Waals surface area contributed by atoms with Crippen molar-refractivity contribution in [2.75, 3.05) is 33.2 Å². The van der Waals surface area contributed by atoms with Gasteiger partial charge in [-0.1, -0.05) is 6.92 Å². The third-order valence-electron chi connectivity index (χ3n) is 2.74. The van der Waals surface area contributed by atoms with E-state index in [-0.39, 0.29) is 30.1 Å². The van der Waals surface area contributed by atoms with E-state index in [4.69, 9.17) is 0 Å². The number of hydrogen-bond acceptors (Lipinski definition) is 3. The molecule has 1 fully saturated rings. The Morgan fingerprint density at radius 1 is 1.41 bits per heavy atom. The number of hydrogen-bond donors (Lipinski definition) is 2. The highest BCUT2D eigenvalue weighted by atomic mass is 35.5. The molecule has 1 heterocycles. The van der Waals surface area contributed by atoms with E-state index in [1.54, 1.807) is 11.9 Å². The van der Waals surface area contributed by atoms with Crippen LogP contribution in [0, 0.1) is 5.92 Å². The lowest BCUT2D eigenvalue weighted by atomic mass is 10.1. The average molecular weight is 264 g/mol. The van der Waals surface area contributed by atoms with E-state index in [2.05, 4.69) is 17.6 Å². The van der Waals surface area contributed by atoms with Gasteiger partial charge in [0, 0.05) is 33.1 Å². The van der Waals surface area contributed by atoms with Crippen molar-refractivity contribution in [1.82, 2.24) is 15.5 Å². The van der Waals surface area contributed by atoms with Crippen molar-refractivity contribution in [3.63, 3.8) is 0 Å². The van der Waals surface area contributed by atoms with E-state index >= 15 is 0 Å². The van der Waals surface area contributed by atoms with Crippen molar-refractivity contribution in [2.45, 2.75) is 19.8 Å². The van der Waals surface area contributed by atoms with Crippen molar-refractivity contribution in [1.29, 1.82) is 0 Å². The molecule has 0 spiro atoms. The molecule has 0 aliphatic carbocycles. The number of amides is 2. The second-order valence-electron chi connectivity index (χ2n) is 4.22. The molecule has 0 radical (unpaired) electrons. The third-order valence-corrected chi connectivity index (χ3v) is 2.74. The molecule has 0 aromatic heterocycles. The molecule has 1 atom stereocenters. The first-order valence-corrected chi connectivity index (χ1v) is 5.87. The van der Waals surface area contributed by atoms with Crippen LogP contribution in [-0.2, 0) is 9.59 Å². The number of rotatable bonds is 6. The van der Waals surface area contributed by atoms with Crippen molar-refractivity contribution >= 4 is 24.2 Å². The van der Waals surface area contributed by atoms with Gasteiger partial charge in [-0.25, -0.2) is 0 Å². The minimum atomic E-state index is -0.163. The highest BCUT2D eigenvalue weighted by Crippen LogP contribution is 2.15. The van der Waals surface area contributed by atoms with Crippen LogP contribution in [0.3, 0.4) is 0 Å². The van der Waals surface area contributed by atoms with E-state index in [9.17, 15) is 9.59 Å². The van der Waals surface area contributed by atoms with Crippen LogP contribution in [0.5, 0.6) is 0 Å². The van der Waals surface area contributed by atoms with Gasteiger partial charge in [0.2, 0.25) is 11.8 Å². The zero-order valence-electron chi connectivity index (χ0n) is 10.5. The van der Waals surface area contributed by atoms with Crippen LogP contribution < -0.4 is 10.6 Å². The first kappa shape index (κ1) is 16.2. The predicted molar refractivity (Wildman–Crippen MR) is 69.2 cm³/mol. The van der Waals surface area contributed by atoms with Crippen LogP contribution in [0.2, 0.25) is 0 Å². The Morgan fingerprint density at radius 3 is 2.65 bits per heavy atom. The Hall–Kier alpha value is -0.810. The number of nitrogens with one attached hydrogen (secondary N) is 2. The molecule has 0 aromatic carbocycles. The van der Waals surface area contributed by atoms with Crippen LogP contribution in [0.15, 0.2) is 0 Å². The monoisotopic (exact) mass is 263 g/mol. The smallest absolute Gasteiger partial charge is 0.225 e. The summed E-state index contributed by atoms with van der Waals surface area (Å²) in [5, 5.41) is 6.05. The second kappa shape index (κ2) is 8.31. The summed E-state index contributed by atoms with van der Waals surface area (Å²) in [5.74, 6) is -0.107. The summed E-state index contributed by atoms with van der Waals surface area (Å²) in [6, 6.07) is 0. The SMILES string of the molecule is CCCNCCNC(=O)C1CC(=O)N(C)C1.Cl. The van der Waals surface area contributed by atoms with Gasteiger partial charge in [-0.2, -0.15) is 0 Å². The topological polar surface area (TPSA) is 61.4 Å². The minimum Gasteiger partial charge on any atom is -0.355 e. The zero-order valence-corrected chi connectivity index (χ0v) is 11.3. The van der Waals surface area contributed by atoms with Crippen LogP contribution in [0.25, 0.3) is 0 Å². The van der Waals surface area contributed by atoms with Gasteiger partial charge in [-0.3, -0.25) is 9.59 Å². The van der Waals surface area contributed by atoms with E-state index in [1.165, 1.54) is 0 Å². The summed E-state index contributed by atoms with van der Waals surface area (Å²) in [7, 11) is 1.73. The Labute approximate surface area is 109 Å². The van der Waals surface area contributed by atoms with E-state index in [0.29, 0.717) is 19.5 Å². The summed E-state index contributed by atoms with van der Waals surface area (Å²) in [6.07, 6.45) is 1.45. The Morgan fingerprint density at radius 2 is 2.12 bits per heavy atom. The quantitative estimate of drug-likeness (QED) is 0.664. The lowest BCUT2D eigenvalue weighted by Gasteiger charge is -2.11.